The Morgan fingerprint density at radius 1 is 1.69 bits per heavy atom. The number of aromatic nitrogens is 1. The Bertz CT molecular complexity index is 423. The number of carbonyl (C=O) groups is 1. The quantitative estimate of drug-likeness (QED) is 0.896. The standard InChI is InChI=1S/C11H14BrN3O/c1-11(10(13)16)3-5-15(7-11)9-2-4-14-6-8(9)12/h2,4,6H,3,5,7H2,1H3,(H2,13,16). The molecule has 0 bridgehead atoms. The Hall–Kier alpha value is -1.10. The van der Waals surface area contributed by atoms with Gasteiger partial charge in [0.2, 0.25) is 5.91 Å². The van der Waals surface area contributed by atoms with E-state index in [1.165, 1.54) is 0 Å². The molecule has 2 rings (SSSR count). The molecule has 1 unspecified atom stereocenters. The highest BCUT2D eigenvalue weighted by molar-refractivity contribution is 9.10. The van der Waals surface area contributed by atoms with E-state index < -0.39 is 5.41 Å². The number of pyridine rings is 1. The third kappa shape index (κ3) is 1.91. The van der Waals surface area contributed by atoms with Crippen molar-refractivity contribution < 1.29 is 4.79 Å². The second-order valence-corrected chi connectivity index (χ2v) is 5.28. The second kappa shape index (κ2) is 4.05. The van der Waals surface area contributed by atoms with E-state index in [1.807, 2.05) is 13.0 Å². The summed E-state index contributed by atoms with van der Waals surface area (Å²) in [5, 5.41) is 0. The number of hydrogen-bond acceptors (Lipinski definition) is 3. The number of anilines is 1. The lowest BCUT2D eigenvalue weighted by Crippen LogP contribution is -2.37. The summed E-state index contributed by atoms with van der Waals surface area (Å²) in [6.07, 6.45) is 4.31. The second-order valence-electron chi connectivity index (χ2n) is 4.42. The van der Waals surface area contributed by atoms with E-state index in [2.05, 4.69) is 25.8 Å². The van der Waals surface area contributed by atoms with Crippen molar-refractivity contribution >= 4 is 27.5 Å². The van der Waals surface area contributed by atoms with E-state index in [4.69, 9.17) is 5.73 Å². The summed E-state index contributed by atoms with van der Waals surface area (Å²) >= 11 is 3.46. The molecule has 1 aromatic rings. The molecule has 2 N–H and O–H groups in total. The number of hydrogen-bond donors (Lipinski definition) is 1. The Labute approximate surface area is 103 Å². The molecule has 0 aromatic carbocycles. The van der Waals surface area contributed by atoms with Crippen LogP contribution in [-0.2, 0) is 4.79 Å². The molecule has 1 atom stereocenters. The Morgan fingerprint density at radius 3 is 3.00 bits per heavy atom. The Morgan fingerprint density at radius 2 is 2.44 bits per heavy atom. The molecule has 1 amide bonds. The summed E-state index contributed by atoms with van der Waals surface area (Å²) in [4.78, 5) is 17.5. The smallest absolute Gasteiger partial charge is 0.225 e. The fraction of sp³-hybridized carbons (Fsp3) is 0.455. The lowest BCUT2D eigenvalue weighted by Gasteiger charge is -2.23. The molecular weight excluding hydrogens is 270 g/mol. The van der Waals surface area contributed by atoms with E-state index in [-0.39, 0.29) is 5.91 Å². The highest BCUT2D eigenvalue weighted by Crippen LogP contribution is 2.35. The molecule has 0 radical (unpaired) electrons. The van der Waals surface area contributed by atoms with Crippen molar-refractivity contribution in [3.63, 3.8) is 0 Å². The fourth-order valence-corrected chi connectivity index (χ4v) is 2.49. The van der Waals surface area contributed by atoms with Gasteiger partial charge < -0.3 is 10.6 Å². The number of nitrogens with two attached hydrogens (primary N) is 1. The maximum absolute atomic E-state index is 11.4. The van der Waals surface area contributed by atoms with Crippen LogP contribution in [0.4, 0.5) is 5.69 Å². The third-order valence-electron chi connectivity index (χ3n) is 3.16. The molecule has 16 heavy (non-hydrogen) atoms. The average molecular weight is 284 g/mol. The zero-order valence-corrected chi connectivity index (χ0v) is 10.7. The Balaban J connectivity index is 2.22. The molecule has 5 heteroatoms. The van der Waals surface area contributed by atoms with Crippen molar-refractivity contribution in [2.45, 2.75) is 13.3 Å². The Kier molecular flexibility index (Phi) is 2.88. The molecule has 2 heterocycles. The molecule has 1 saturated heterocycles. The highest BCUT2D eigenvalue weighted by Gasteiger charge is 2.39. The van der Waals surface area contributed by atoms with Gasteiger partial charge in [-0.25, -0.2) is 0 Å². The number of primary amides is 1. The summed E-state index contributed by atoms with van der Waals surface area (Å²) in [6, 6.07) is 1.94. The first-order chi connectivity index (χ1) is 7.53. The summed E-state index contributed by atoms with van der Waals surface area (Å²) in [7, 11) is 0. The fourth-order valence-electron chi connectivity index (χ4n) is 1.99. The van der Waals surface area contributed by atoms with Crippen LogP contribution in [0.25, 0.3) is 0 Å². The van der Waals surface area contributed by atoms with Crippen LogP contribution in [0.15, 0.2) is 22.9 Å². The van der Waals surface area contributed by atoms with Crippen molar-refractivity contribution in [3.05, 3.63) is 22.9 Å². The van der Waals surface area contributed by atoms with Gasteiger partial charge in [0.25, 0.3) is 0 Å². The number of amides is 1. The van der Waals surface area contributed by atoms with Crippen molar-refractivity contribution in [2.24, 2.45) is 11.1 Å². The summed E-state index contributed by atoms with van der Waals surface area (Å²) in [6.45, 7) is 3.44. The first kappa shape index (κ1) is 11.4. The van der Waals surface area contributed by atoms with Crippen molar-refractivity contribution in [1.82, 2.24) is 4.98 Å². The van der Waals surface area contributed by atoms with E-state index in [9.17, 15) is 4.79 Å². The van der Waals surface area contributed by atoms with Gasteiger partial charge in [0.05, 0.1) is 15.6 Å². The lowest BCUT2D eigenvalue weighted by molar-refractivity contribution is -0.125. The molecule has 0 saturated carbocycles. The molecule has 1 aliphatic rings. The largest absolute Gasteiger partial charge is 0.369 e. The van der Waals surface area contributed by atoms with Gasteiger partial charge >= 0.3 is 0 Å². The van der Waals surface area contributed by atoms with E-state index in [0.29, 0.717) is 6.54 Å². The molecule has 1 aliphatic heterocycles. The van der Waals surface area contributed by atoms with Crippen LogP contribution >= 0.6 is 15.9 Å². The summed E-state index contributed by atoms with van der Waals surface area (Å²) in [5.41, 5.74) is 6.08. The van der Waals surface area contributed by atoms with Gasteiger partial charge in [0, 0.05) is 25.5 Å². The number of halogens is 1. The van der Waals surface area contributed by atoms with Crippen LogP contribution in [0.1, 0.15) is 13.3 Å². The maximum Gasteiger partial charge on any atom is 0.225 e. The van der Waals surface area contributed by atoms with E-state index in [1.54, 1.807) is 12.4 Å². The average Bonchev–Trinajstić information content (AvgIpc) is 2.63. The molecule has 1 aromatic heterocycles. The first-order valence-corrected chi connectivity index (χ1v) is 5.97. The van der Waals surface area contributed by atoms with E-state index >= 15 is 0 Å². The van der Waals surface area contributed by atoms with Gasteiger partial charge in [-0.2, -0.15) is 0 Å². The van der Waals surface area contributed by atoms with Gasteiger partial charge in [0.1, 0.15) is 0 Å². The molecular formula is C11H14BrN3O. The van der Waals surface area contributed by atoms with Crippen molar-refractivity contribution in [1.29, 1.82) is 0 Å². The first-order valence-electron chi connectivity index (χ1n) is 5.17. The molecule has 0 spiro atoms. The minimum atomic E-state index is -0.414. The monoisotopic (exact) mass is 283 g/mol. The minimum absolute atomic E-state index is 0.222. The van der Waals surface area contributed by atoms with Crippen molar-refractivity contribution in [3.8, 4) is 0 Å². The molecule has 1 fully saturated rings. The van der Waals surface area contributed by atoms with Crippen LogP contribution in [0.5, 0.6) is 0 Å². The van der Waals surface area contributed by atoms with Gasteiger partial charge in [-0.05, 0) is 35.3 Å². The predicted octanol–water partition coefficient (Wildman–Crippen LogP) is 1.55. The number of carbonyl (C=O) groups excluding carboxylic acids is 1. The highest BCUT2D eigenvalue weighted by atomic mass is 79.9. The molecule has 4 nitrogen and oxygen atoms in total. The topological polar surface area (TPSA) is 59.2 Å². The van der Waals surface area contributed by atoms with Crippen LogP contribution in [0.3, 0.4) is 0 Å². The van der Waals surface area contributed by atoms with Gasteiger partial charge in [-0.3, -0.25) is 9.78 Å². The number of rotatable bonds is 2. The van der Waals surface area contributed by atoms with Crippen LogP contribution in [-0.4, -0.2) is 24.0 Å². The normalized spacial score (nSPS) is 24.8. The molecule has 0 aliphatic carbocycles. The maximum atomic E-state index is 11.4. The zero-order valence-electron chi connectivity index (χ0n) is 9.11. The van der Waals surface area contributed by atoms with Crippen LogP contribution in [0.2, 0.25) is 0 Å². The summed E-state index contributed by atoms with van der Waals surface area (Å²) in [5.74, 6) is -0.222. The minimum Gasteiger partial charge on any atom is -0.369 e. The zero-order chi connectivity index (χ0) is 11.8. The summed E-state index contributed by atoms with van der Waals surface area (Å²) < 4.78 is 0.948. The lowest BCUT2D eigenvalue weighted by atomic mass is 9.89. The third-order valence-corrected chi connectivity index (χ3v) is 3.77. The van der Waals surface area contributed by atoms with Gasteiger partial charge in [-0.15, -0.1) is 0 Å². The SMILES string of the molecule is CC1(C(N)=O)CCN(c2ccncc2Br)C1. The predicted molar refractivity (Wildman–Crippen MR) is 66.1 cm³/mol. The number of nitrogens with zero attached hydrogens (tertiary/aromatic N) is 2. The van der Waals surface area contributed by atoms with Crippen LogP contribution in [0, 0.1) is 5.41 Å². The van der Waals surface area contributed by atoms with Crippen molar-refractivity contribution in [2.75, 3.05) is 18.0 Å². The van der Waals surface area contributed by atoms with Gasteiger partial charge in [-0.1, -0.05) is 0 Å². The van der Waals surface area contributed by atoms with Crippen LogP contribution < -0.4 is 10.6 Å². The van der Waals surface area contributed by atoms with E-state index in [0.717, 1.165) is 23.1 Å². The van der Waals surface area contributed by atoms with Gasteiger partial charge in [0.15, 0.2) is 0 Å². The molecule has 86 valence electrons.